The third-order valence-electron chi connectivity index (χ3n) is 3.35. The van der Waals surface area contributed by atoms with E-state index >= 15 is 0 Å². The molecule has 0 bridgehead atoms. The summed E-state index contributed by atoms with van der Waals surface area (Å²) in [5.41, 5.74) is 3.07. The highest BCUT2D eigenvalue weighted by molar-refractivity contribution is 7.99. The summed E-state index contributed by atoms with van der Waals surface area (Å²) in [6.45, 7) is 4.95. The summed E-state index contributed by atoms with van der Waals surface area (Å²) < 4.78 is 7.44. The number of carboxylic acid groups (broad SMARTS) is 1. The predicted octanol–water partition coefficient (Wildman–Crippen LogP) is 1.49. The molecule has 1 aliphatic rings. The van der Waals surface area contributed by atoms with E-state index in [1.165, 1.54) is 11.8 Å². The predicted molar refractivity (Wildman–Crippen MR) is 81.6 cm³/mol. The maximum absolute atomic E-state index is 10.8. The number of thioether (sulfide) groups is 1. The van der Waals surface area contributed by atoms with Gasteiger partial charge in [-0.25, -0.2) is 9.66 Å². The van der Waals surface area contributed by atoms with E-state index in [0.29, 0.717) is 13.2 Å². The molecule has 0 spiro atoms. The van der Waals surface area contributed by atoms with Crippen molar-refractivity contribution in [3.63, 3.8) is 0 Å². The zero-order valence-electron chi connectivity index (χ0n) is 11.8. The molecule has 0 atom stereocenters. The molecule has 7 heteroatoms. The molecule has 2 heterocycles. The molecule has 1 aliphatic heterocycles. The minimum absolute atomic E-state index is 0.00659. The molecule has 2 aromatic rings. The number of aliphatic carboxylic acids is 1. The number of carboxylic acids is 1. The summed E-state index contributed by atoms with van der Waals surface area (Å²) in [7, 11) is 0. The molecular formula is C14H17N3O3S. The Kier molecular flexibility index (Phi) is 4.03. The topological polar surface area (TPSA) is 67.6 Å². The van der Waals surface area contributed by atoms with Gasteiger partial charge in [-0.2, -0.15) is 0 Å². The molecule has 21 heavy (non-hydrogen) atoms. The molecular weight excluding hydrogens is 290 g/mol. The van der Waals surface area contributed by atoms with Crippen molar-refractivity contribution in [2.24, 2.45) is 0 Å². The standard InChI is InChI=1S/C14H17N3O3S/c1-10-2-3-11-12(8-10)17(16-4-6-20-7-5-16)14(15-11)21-9-13(18)19/h2-3,8H,4-7,9H2,1H3,(H,18,19). The van der Waals surface area contributed by atoms with Crippen LogP contribution in [0.4, 0.5) is 0 Å². The molecule has 1 fully saturated rings. The van der Waals surface area contributed by atoms with Crippen LogP contribution in [-0.4, -0.2) is 52.8 Å². The molecule has 1 aromatic heterocycles. The highest BCUT2D eigenvalue weighted by Gasteiger charge is 2.19. The summed E-state index contributed by atoms with van der Waals surface area (Å²) in [5, 5.41) is 11.8. The van der Waals surface area contributed by atoms with Crippen molar-refractivity contribution >= 4 is 28.8 Å². The average Bonchev–Trinajstić information content (AvgIpc) is 2.83. The maximum Gasteiger partial charge on any atom is 0.313 e. The van der Waals surface area contributed by atoms with Gasteiger partial charge >= 0.3 is 5.97 Å². The van der Waals surface area contributed by atoms with Gasteiger partial charge in [0, 0.05) is 0 Å². The van der Waals surface area contributed by atoms with Crippen molar-refractivity contribution in [3.8, 4) is 0 Å². The van der Waals surface area contributed by atoms with E-state index in [-0.39, 0.29) is 5.75 Å². The van der Waals surface area contributed by atoms with Gasteiger partial charge in [0.05, 0.1) is 43.1 Å². The fraction of sp³-hybridized carbons (Fsp3) is 0.429. The third-order valence-corrected chi connectivity index (χ3v) is 4.27. The van der Waals surface area contributed by atoms with Crippen LogP contribution in [0.2, 0.25) is 0 Å². The molecule has 3 rings (SSSR count). The molecule has 1 aromatic carbocycles. The van der Waals surface area contributed by atoms with Gasteiger partial charge in [0.1, 0.15) is 0 Å². The lowest BCUT2D eigenvalue weighted by Gasteiger charge is -2.31. The highest BCUT2D eigenvalue weighted by atomic mass is 32.2. The second-order valence-electron chi connectivity index (χ2n) is 4.95. The number of aromatic nitrogens is 2. The van der Waals surface area contributed by atoms with Crippen LogP contribution in [-0.2, 0) is 9.53 Å². The van der Waals surface area contributed by atoms with Crippen LogP contribution >= 0.6 is 11.8 Å². The number of aryl methyl sites for hydroxylation is 1. The Balaban J connectivity index is 2.04. The van der Waals surface area contributed by atoms with Gasteiger partial charge in [-0.1, -0.05) is 17.8 Å². The lowest BCUT2D eigenvalue weighted by atomic mass is 10.2. The Bertz CT molecular complexity index is 665. The van der Waals surface area contributed by atoms with Crippen molar-refractivity contribution in [1.82, 2.24) is 9.66 Å². The maximum atomic E-state index is 10.8. The molecule has 0 amide bonds. The van der Waals surface area contributed by atoms with Gasteiger partial charge in [-0.05, 0) is 24.6 Å². The number of imidazole rings is 1. The number of ether oxygens (including phenoxy) is 1. The van der Waals surface area contributed by atoms with Crippen LogP contribution in [0.15, 0.2) is 23.4 Å². The van der Waals surface area contributed by atoms with Crippen LogP contribution in [0.3, 0.4) is 0 Å². The second kappa shape index (κ2) is 5.95. The van der Waals surface area contributed by atoms with Crippen LogP contribution in [0.25, 0.3) is 11.0 Å². The van der Waals surface area contributed by atoms with Crippen LogP contribution in [0.1, 0.15) is 5.56 Å². The largest absolute Gasteiger partial charge is 0.481 e. The van der Waals surface area contributed by atoms with Gasteiger partial charge in [0.25, 0.3) is 0 Å². The number of nitrogens with zero attached hydrogens (tertiary/aromatic N) is 3. The summed E-state index contributed by atoms with van der Waals surface area (Å²) in [6.07, 6.45) is 0. The van der Waals surface area contributed by atoms with Gasteiger partial charge in [-0.3, -0.25) is 4.79 Å². The Labute approximate surface area is 126 Å². The molecule has 0 radical (unpaired) electrons. The third kappa shape index (κ3) is 2.98. The first kappa shape index (κ1) is 14.2. The quantitative estimate of drug-likeness (QED) is 0.863. The number of morpholine rings is 1. The van der Waals surface area contributed by atoms with Crippen LogP contribution in [0.5, 0.6) is 0 Å². The van der Waals surface area contributed by atoms with E-state index in [4.69, 9.17) is 9.84 Å². The molecule has 112 valence electrons. The SMILES string of the molecule is Cc1ccc2nc(SCC(=O)O)n(N3CCOCC3)c2c1. The lowest BCUT2D eigenvalue weighted by molar-refractivity contribution is -0.133. The number of fused-ring (bicyclic) bond motifs is 1. The van der Waals surface area contributed by atoms with Crippen molar-refractivity contribution in [3.05, 3.63) is 23.8 Å². The second-order valence-corrected chi connectivity index (χ2v) is 5.89. The van der Waals surface area contributed by atoms with Crippen LogP contribution < -0.4 is 5.01 Å². The van der Waals surface area contributed by atoms with E-state index in [0.717, 1.165) is 34.8 Å². The van der Waals surface area contributed by atoms with Crippen molar-refractivity contribution < 1.29 is 14.6 Å². The van der Waals surface area contributed by atoms with E-state index in [1.54, 1.807) is 0 Å². The van der Waals surface area contributed by atoms with Crippen molar-refractivity contribution in [2.75, 3.05) is 37.1 Å². The Morgan fingerprint density at radius 2 is 2.19 bits per heavy atom. The number of hydrogen-bond acceptors (Lipinski definition) is 5. The van der Waals surface area contributed by atoms with Gasteiger partial charge in [0.2, 0.25) is 0 Å². The summed E-state index contributed by atoms with van der Waals surface area (Å²) in [6, 6.07) is 6.08. The number of benzene rings is 1. The fourth-order valence-corrected chi connectivity index (χ4v) is 3.15. The molecule has 6 nitrogen and oxygen atoms in total. The number of rotatable bonds is 4. The molecule has 1 saturated heterocycles. The Morgan fingerprint density at radius 3 is 2.90 bits per heavy atom. The zero-order chi connectivity index (χ0) is 14.8. The highest BCUT2D eigenvalue weighted by Crippen LogP contribution is 2.25. The fourth-order valence-electron chi connectivity index (χ4n) is 2.40. The Hall–Kier alpha value is -1.73. The molecule has 0 unspecified atom stereocenters. The minimum atomic E-state index is -0.836. The molecule has 0 aliphatic carbocycles. The van der Waals surface area contributed by atoms with E-state index in [9.17, 15) is 4.79 Å². The lowest BCUT2D eigenvalue weighted by Crippen LogP contribution is -2.44. The van der Waals surface area contributed by atoms with Gasteiger partial charge < -0.3 is 14.9 Å². The molecule has 1 N–H and O–H groups in total. The van der Waals surface area contributed by atoms with Crippen molar-refractivity contribution in [2.45, 2.75) is 12.1 Å². The minimum Gasteiger partial charge on any atom is -0.481 e. The van der Waals surface area contributed by atoms with E-state index < -0.39 is 5.97 Å². The number of hydrogen-bond donors (Lipinski definition) is 1. The van der Waals surface area contributed by atoms with Crippen molar-refractivity contribution in [1.29, 1.82) is 0 Å². The summed E-state index contributed by atoms with van der Waals surface area (Å²) in [4.78, 5) is 15.4. The smallest absolute Gasteiger partial charge is 0.313 e. The monoisotopic (exact) mass is 307 g/mol. The first-order valence-corrected chi connectivity index (χ1v) is 7.80. The number of carbonyl (C=O) groups is 1. The average molecular weight is 307 g/mol. The zero-order valence-corrected chi connectivity index (χ0v) is 12.6. The first-order chi connectivity index (χ1) is 10.1. The summed E-state index contributed by atoms with van der Waals surface area (Å²) >= 11 is 1.25. The first-order valence-electron chi connectivity index (χ1n) is 6.82. The van der Waals surface area contributed by atoms with E-state index in [2.05, 4.69) is 16.1 Å². The van der Waals surface area contributed by atoms with Gasteiger partial charge in [0.15, 0.2) is 5.16 Å². The van der Waals surface area contributed by atoms with Crippen LogP contribution in [0, 0.1) is 6.92 Å². The van der Waals surface area contributed by atoms with Gasteiger partial charge in [-0.15, -0.1) is 0 Å². The van der Waals surface area contributed by atoms with E-state index in [1.807, 2.05) is 23.7 Å². The Morgan fingerprint density at radius 1 is 1.43 bits per heavy atom. The molecule has 0 saturated carbocycles. The normalized spacial score (nSPS) is 15.6. The summed E-state index contributed by atoms with van der Waals surface area (Å²) in [5.74, 6) is -0.830.